The first-order valence-corrected chi connectivity index (χ1v) is 7.52. The van der Waals surface area contributed by atoms with Crippen LogP contribution in [0.3, 0.4) is 0 Å². The van der Waals surface area contributed by atoms with Crippen LogP contribution < -0.4 is 5.32 Å². The van der Waals surface area contributed by atoms with Crippen molar-refractivity contribution < 1.29 is 4.79 Å². The lowest BCUT2D eigenvalue weighted by molar-refractivity contribution is -0.119. The molecule has 1 atom stereocenters. The first kappa shape index (κ1) is 15.1. The van der Waals surface area contributed by atoms with Crippen molar-refractivity contribution in [3.05, 3.63) is 63.6 Å². The molecule has 2 aromatic carbocycles. The van der Waals surface area contributed by atoms with Gasteiger partial charge in [0.1, 0.15) is 0 Å². The fraction of sp³-hybridized carbons (Fsp3) is 0.188. The second kappa shape index (κ2) is 6.91. The normalized spacial score (nSPS) is 11.9. The maximum atomic E-state index is 12.1. The largest absolute Gasteiger partial charge is 0.326 e. The van der Waals surface area contributed by atoms with E-state index in [1.165, 1.54) is 0 Å². The highest BCUT2D eigenvalue weighted by Crippen LogP contribution is 2.17. The quantitative estimate of drug-likeness (QED) is 0.831. The van der Waals surface area contributed by atoms with Gasteiger partial charge >= 0.3 is 0 Å². The van der Waals surface area contributed by atoms with E-state index in [0.717, 1.165) is 15.7 Å². The monoisotopic (exact) mass is 351 g/mol. The van der Waals surface area contributed by atoms with Crippen molar-refractivity contribution in [2.24, 2.45) is 5.92 Å². The molecular formula is C16H15BrClNO. The number of hydrogen-bond acceptors (Lipinski definition) is 1. The van der Waals surface area contributed by atoms with E-state index in [0.29, 0.717) is 11.4 Å². The van der Waals surface area contributed by atoms with E-state index < -0.39 is 0 Å². The van der Waals surface area contributed by atoms with Crippen LogP contribution in [0.5, 0.6) is 0 Å². The minimum Gasteiger partial charge on any atom is -0.326 e. The Morgan fingerprint density at radius 2 is 1.95 bits per heavy atom. The first-order chi connectivity index (χ1) is 9.54. The third-order valence-corrected chi connectivity index (χ3v) is 3.74. The predicted octanol–water partition coefficient (Wildman–Crippen LogP) is 4.92. The molecule has 20 heavy (non-hydrogen) atoms. The highest BCUT2D eigenvalue weighted by Gasteiger charge is 2.13. The summed E-state index contributed by atoms with van der Waals surface area (Å²) in [7, 11) is 0. The van der Waals surface area contributed by atoms with Crippen molar-refractivity contribution in [3.8, 4) is 0 Å². The minimum atomic E-state index is -0.0972. The number of anilines is 1. The van der Waals surface area contributed by atoms with Crippen LogP contribution >= 0.6 is 27.5 Å². The Morgan fingerprint density at radius 1 is 1.25 bits per heavy atom. The van der Waals surface area contributed by atoms with Crippen molar-refractivity contribution in [1.29, 1.82) is 0 Å². The lowest BCUT2D eigenvalue weighted by atomic mass is 10.0. The van der Waals surface area contributed by atoms with E-state index in [-0.39, 0.29) is 11.8 Å². The third-order valence-electron chi connectivity index (χ3n) is 2.99. The molecule has 0 heterocycles. The highest BCUT2D eigenvalue weighted by molar-refractivity contribution is 9.10. The Morgan fingerprint density at radius 3 is 2.60 bits per heavy atom. The molecule has 0 aliphatic rings. The van der Waals surface area contributed by atoms with E-state index in [9.17, 15) is 4.79 Å². The summed E-state index contributed by atoms with van der Waals surface area (Å²) < 4.78 is 1.03. The Hall–Kier alpha value is -1.32. The van der Waals surface area contributed by atoms with Gasteiger partial charge in [-0.3, -0.25) is 4.79 Å². The lowest BCUT2D eigenvalue weighted by Gasteiger charge is -2.12. The van der Waals surface area contributed by atoms with Gasteiger partial charge in [0.05, 0.1) is 0 Å². The van der Waals surface area contributed by atoms with E-state index in [1.54, 1.807) is 24.3 Å². The second-order valence-corrected chi connectivity index (χ2v) is 6.08. The summed E-state index contributed by atoms with van der Waals surface area (Å²) >= 11 is 9.25. The van der Waals surface area contributed by atoms with E-state index >= 15 is 0 Å². The Labute approximate surface area is 132 Å². The molecule has 0 unspecified atom stereocenters. The molecule has 0 saturated heterocycles. The molecule has 0 aliphatic heterocycles. The number of hydrogen-bond donors (Lipinski definition) is 1. The van der Waals surface area contributed by atoms with Crippen molar-refractivity contribution >= 4 is 39.1 Å². The van der Waals surface area contributed by atoms with Crippen molar-refractivity contribution in [2.45, 2.75) is 13.3 Å². The number of amides is 1. The molecule has 0 fully saturated rings. The molecule has 2 aromatic rings. The van der Waals surface area contributed by atoms with Gasteiger partial charge in [0.25, 0.3) is 0 Å². The molecule has 0 saturated carbocycles. The minimum absolute atomic E-state index is 0.00676. The summed E-state index contributed by atoms with van der Waals surface area (Å²) in [6.45, 7) is 1.92. The summed E-state index contributed by atoms with van der Waals surface area (Å²) in [6.07, 6.45) is 0.707. The number of carbonyl (C=O) groups excluding carboxylic acids is 1. The Kier molecular flexibility index (Phi) is 5.21. The van der Waals surface area contributed by atoms with Crippen LogP contribution in [-0.2, 0) is 11.2 Å². The van der Waals surface area contributed by atoms with Crippen LogP contribution in [0, 0.1) is 5.92 Å². The molecule has 0 bridgehead atoms. The summed E-state index contributed by atoms with van der Waals surface area (Å²) in [5.74, 6) is -0.0905. The van der Waals surface area contributed by atoms with Gasteiger partial charge in [-0.1, -0.05) is 46.6 Å². The van der Waals surface area contributed by atoms with Crippen LogP contribution in [0.2, 0.25) is 5.02 Å². The van der Waals surface area contributed by atoms with Crippen molar-refractivity contribution in [1.82, 2.24) is 0 Å². The average molecular weight is 353 g/mol. The molecule has 2 rings (SSSR count). The molecule has 0 radical (unpaired) electrons. The number of rotatable bonds is 4. The maximum Gasteiger partial charge on any atom is 0.227 e. The molecular weight excluding hydrogens is 338 g/mol. The number of nitrogens with one attached hydrogen (secondary N) is 1. The van der Waals surface area contributed by atoms with Gasteiger partial charge in [-0.05, 0) is 48.4 Å². The summed E-state index contributed by atoms with van der Waals surface area (Å²) in [6, 6.07) is 15.1. The standard InChI is InChI=1S/C16H15BrClNO/c1-11(9-12-3-2-4-13(17)10-12)16(20)19-15-7-5-14(18)6-8-15/h2-8,10-11H,9H2,1H3,(H,19,20)/t11-/m0/s1. The maximum absolute atomic E-state index is 12.1. The molecule has 4 heteroatoms. The van der Waals surface area contributed by atoms with Gasteiger partial charge in [0.15, 0.2) is 0 Å². The number of benzene rings is 2. The van der Waals surface area contributed by atoms with Crippen LogP contribution in [0.4, 0.5) is 5.69 Å². The zero-order valence-corrected chi connectivity index (χ0v) is 13.4. The van der Waals surface area contributed by atoms with Crippen molar-refractivity contribution in [3.63, 3.8) is 0 Å². The predicted molar refractivity (Wildman–Crippen MR) is 87.1 cm³/mol. The van der Waals surface area contributed by atoms with Crippen LogP contribution in [0.25, 0.3) is 0 Å². The van der Waals surface area contributed by atoms with E-state index in [4.69, 9.17) is 11.6 Å². The molecule has 0 aliphatic carbocycles. The summed E-state index contributed by atoms with van der Waals surface area (Å²) in [5, 5.41) is 3.55. The molecule has 0 spiro atoms. The topological polar surface area (TPSA) is 29.1 Å². The van der Waals surface area contributed by atoms with Gasteiger partial charge < -0.3 is 5.32 Å². The zero-order valence-electron chi connectivity index (χ0n) is 11.1. The molecule has 0 aromatic heterocycles. The first-order valence-electron chi connectivity index (χ1n) is 6.35. The van der Waals surface area contributed by atoms with E-state index in [2.05, 4.69) is 21.2 Å². The SMILES string of the molecule is C[C@@H](Cc1cccc(Br)c1)C(=O)Nc1ccc(Cl)cc1. The molecule has 1 N–H and O–H groups in total. The number of carbonyl (C=O) groups is 1. The Bertz CT molecular complexity index is 598. The third kappa shape index (κ3) is 4.36. The van der Waals surface area contributed by atoms with E-state index in [1.807, 2.05) is 31.2 Å². The van der Waals surface area contributed by atoms with Crippen LogP contribution in [0.15, 0.2) is 53.0 Å². The molecule has 104 valence electrons. The van der Waals surface area contributed by atoms with Crippen LogP contribution in [0.1, 0.15) is 12.5 Å². The fourth-order valence-electron chi connectivity index (χ4n) is 1.91. The summed E-state index contributed by atoms with van der Waals surface area (Å²) in [5.41, 5.74) is 1.90. The van der Waals surface area contributed by atoms with Crippen molar-refractivity contribution in [2.75, 3.05) is 5.32 Å². The zero-order chi connectivity index (χ0) is 14.5. The summed E-state index contributed by atoms with van der Waals surface area (Å²) in [4.78, 5) is 12.1. The second-order valence-electron chi connectivity index (χ2n) is 4.73. The fourth-order valence-corrected chi connectivity index (χ4v) is 2.48. The van der Waals surface area contributed by atoms with Gasteiger partial charge in [-0.2, -0.15) is 0 Å². The Balaban J connectivity index is 1.96. The van der Waals surface area contributed by atoms with Gasteiger partial charge in [-0.25, -0.2) is 0 Å². The molecule has 2 nitrogen and oxygen atoms in total. The van der Waals surface area contributed by atoms with Crippen LogP contribution in [-0.4, -0.2) is 5.91 Å². The van der Waals surface area contributed by atoms with Gasteiger partial charge in [-0.15, -0.1) is 0 Å². The molecule has 1 amide bonds. The van der Waals surface area contributed by atoms with Gasteiger partial charge in [0.2, 0.25) is 5.91 Å². The lowest BCUT2D eigenvalue weighted by Crippen LogP contribution is -2.22. The smallest absolute Gasteiger partial charge is 0.227 e. The average Bonchev–Trinajstić information content (AvgIpc) is 2.41. The highest BCUT2D eigenvalue weighted by atomic mass is 79.9. The van der Waals surface area contributed by atoms with Gasteiger partial charge in [0, 0.05) is 21.1 Å². The number of halogens is 2.